The molecule has 4 heteroatoms. The maximum Gasteiger partial charge on any atom is 0.158 e. The number of aryl methyl sites for hydroxylation is 2. The van der Waals surface area contributed by atoms with E-state index < -0.39 is 0 Å². The van der Waals surface area contributed by atoms with Crippen molar-refractivity contribution in [3.63, 3.8) is 0 Å². The summed E-state index contributed by atoms with van der Waals surface area (Å²) in [5.41, 5.74) is 5.84. The van der Waals surface area contributed by atoms with Crippen molar-refractivity contribution < 1.29 is 0 Å². The summed E-state index contributed by atoms with van der Waals surface area (Å²) in [5, 5.41) is 1.20. The minimum atomic E-state index is 0.790. The minimum absolute atomic E-state index is 0.790. The SMILES string of the molecule is c1ccc(CN(Cc2ccccc2)c2nc3ccccc3c3c2nc2n3CCC2)cc1. The first-order valence-electron chi connectivity index (χ1n) is 11.0. The molecule has 2 aromatic heterocycles. The maximum absolute atomic E-state index is 5.16. The fourth-order valence-corrected chi connectivity index (χ4v) is 4.73. The van der Waals surface area contributed by atoms with Gasteiger partial charge >= 0.3 is 0 Å². The molecule has 0 unspecified atom stereocenters. The Morgan fingerprint density at radius 1 is 0.742 bits per heavy atom. The zero-order valence-corrected chi connectivity index (χ0v) is 17.4. The summed E-state index contributed by atoms with van der Waals surface area (Å²) >= 11 is 0. The third-order valence-corrected chi connectivity index (χ3v) is 6.16. The second-order valence-electron chi connectivity index (χ2n) is 8.26. The quantitative estimate of drug-likeness (QED) is 0.375. The summed E-state index contributed by atoms with van der Waals surface area (Å²) in [4.78, 5) is 12.6. The van der Waals surface area contributed by atoms with Crippen molar-refractivity contribution in [2.45, 2.75) is 32.5 Å². The van der Waals surface area contributed by atoms with Crippen LogP contribution in [0.3, 0.4) is 0 Å². The zero-order valence-electron chi connectivity index (χ0n) is 17.4. The number of pyridine rings is 1. The Kier molecular flexibility index (Phi) is 4.42. The molecule has 0 saturated carbocycles. The van der Waals surface area contributed by atoms with Crippen molar-refractivity contribution >= 4 is 27.8 Å². The van der Waals surface area contributed by atoms with Crippen LogP contribution in [0.2, 0.25) is 0 Å². The average molecular weight is 405 g/mol. The molecule has 152 valence electrons. The minimum Gasteiger partial charge on any atom is -0.346 e. The van der Waals surface area contributed by atoms with Crippen LogP contribution < -0.4 is 4.90 Å². The van der Waals surface area contributed by atoms with E-state index in [1.807, 2.05) is 0 Å². The Bertz CT molecular complexity index is 1310. The van der Waals surface area contributed by atoms with Crippen LogP contribution in [0.4, 0.5) is 5.82 Å². The highest BCUT2D eigenvalue weighted by Crippen LogP contribution is 2.35. The standard InChI is InChI=1S/C27H24N4/c1-3-10-20(11-4-1)18-30(19-21-12-5-2-6-13-21)27-25-26(31-17-9-16-24(31)29-25)22-14-7-8-15-23(22)28-27/h1-8,10-15H,9,16-19H2. The van der Waals surface area contributed by atoms with Crippen molar-refractivity contribution in [2.24, 2.45) is 0 Å². The van der Waals surface area contributed by atoms with Gasteiger partial charge in [-0.15, -0.1) is 0 Å². The van der Waals surface area contributed by atoms with E-state index in [2.05, 4.69) is 94.4 Å². The van der Waals surface area contributed by atoms with Gasteiger partial charge in [-0.05, 0) is 23.6 Å². The number of anilines is 1. The Hall–Kier alpha value is -3.66. The van der Waals surface area contributed by atoms with Gasteiger partial charge < -0.3 is 9.47 Å². The van der Waals surface area contributed by atoms with Crippen LogP contribution in [0, 0.1) is 0 Å². The monoisotopic (exact) mass is 404 g/mol. The predicted octanol–water partition coefficient (Wildman–Crippen LogP) is 5.74. The van der Waals surface area contributed by atoms with Gasteiger partial charge in [0.1, 0.15) is 11.3 Å². The van der Waals surface area contributed by atoms with Crippen LogP contribution in [-0.2, 0) is 26.1 Å². The van der Waals surface area contributed by atoms with Crippen LogP contribution >= 0.6 is 0 Å². The Labute approximate surface area is 181 Å². The lowest BCUT2D eigenvalue weighted by atomic mass is 10.1. The molecule has 0 N–H and O–H groups in total. The van der Waals surface area contributed by atoms with E-state index >= 15 is 0 Å². The molecule has 0 radical (unpaired) electrons. The highest BCUT2D eigenvalue weighted by molar-refractivity contribution is 6.07. The number of rotatable bonds is 5. The van der Waals surface area contributed by atoms with E-state index in [1.165, 1.54) is 34.3 Å². The first kappa shape index (κ1) is 18.1. The van der Waals surface area contributed by atoms with E-state index in [9.17, 15) is 0 Å². The molecular formula is C27H24N4. The first-order chi connectivity index (χ1) is 15.4. The molecule has 0 aliphatic carbocycles. The second-order valence-corrected chi connectivity index (χ2v) is 8.26. The van der Waals surface area contributed by atoms with Gasteiger partial charge in [-0.3, -0.25) is 0 Å². The Morgan fingerprint density at radius 2 is 1.39 bits per heavy atom. The molecule has 0 saturated heterocycles. The largest absolute Gasteiger partial charge is 0.346 e. The fourth-order valence-electron chi connectivity index (χ4n) is 4.73. The molecule has 31 heavy (non-hydrogen) atoms. The van der Waals surface area contributed by atoms with Crippen molar-refractivity contribution in [3.05, 3.63) is 102 Å². The Balaban J connectivity index is 1.56. The molecule has 4 nitrogen and oxygen atoms in total. The number of benzene rings is 3. The van der Waals surface area contributed by atoms with Crippen LogP contribution in [-0.4, -0.2) is 14.5 Å². The van der Waals surface area contributed by atoms with Gasteiger partial charge in [0.2, 0.25) is 0 Å². The fraction of sp³-hybridized carbons (Fsp3) is 0.185. The van der Waals surface area contributed by atoms with Gasteiger partial charge in [0.05, 0.1) is 11.0 Å². The third kappa shape index (κ3) is 3.25. The summed E-state index contributed by atoms with van der Waals surface area (Å²) in [5.74, 6) is 2.16. The highest BCUT2D eigenvalue weighted by Gasteiger charge is 2.24. The molecule has 3 heterocycles. The van der Waals surface area contributed by atoms with E-state index in [4.69, 9.17) is 9.97 Å². The molecule has 6 rings (SSSR count). The molecule has 5 aromatic rings. The lowest BCUT2D eigenvalue weighted by molar-refractivity contribution is 0.771. The van der Waals surface area contributed by atoms with Gasteiger partial charge in [0, 0.05) is 31.4 Å². The number of hydrogen-bond acceptors (Lipinski definition) is 3. The van der Waals surface area contributed by atoms with Crippen LogP contribution in [0.15, 0.2) is 84.9 Å². The maximum atomic E-state index is 5.16. The van der Waals surface area contributed by atoms with E-state index in [1.54, 1.807) is 0 Å². The van der Waals surface area contributed by atoms with Crippen molar-refractivity contribution in [3.8, 4) is 0 Å². The average Bonchev–Trinajstić information content (AvgIpc) is 3.41. The Morgan fingerprint density at radius 3 is 2.10 bits per heavy atom. The normalized spacial score (nSPS) is 13.0. The van der Waals surface area contributed by atoms with Gasteiger partial charge in [0.15, 0.2) is 5.82 Å². The molecule has 1 aliphatic heterocycles. The van der Waals surface area contributed by atoms with Crippen LogP contribution in [0.1, 0.15) is 23.4 Å². The first-order valence-corrected chi connectivity index (χ1v) is 11.0. The molecule has 0 spiro atoms. The lowest BCUT2D eigenvalue weighted by Gasteiger charge is -2.25. The topological polar surface area (TPSA) is 34.0 Å². The number of aromatic nitrogens is 3. The van der Waals surface area contributed by atoms with E-state index in [0.29, 0.717) is 0 Å². The zero-order chi connectivity index (χ0) is 20.6. The van der Waals surface area contributed by atoms with Gasteiger partial charge in [-0.2, -0.15) is 0 Å². The van der Waals surface area contributed by atoms with E-state index in [-0.39, 0.29) is 0 Å². The molecule has 0 atom stereocenters. The van der Waals surface area contributed by atoms with E-state index in [0.717, 1.165) is 42.9 Å². The second kappa shape index (κ2) is 7.55. The molecule has 1 aliphatic rings. The summed E-state index contributed by atoms with van der Waals surface area (Å²) in [6, 6.07) is 29.8. The van der Waals surface area contributed by atoms with Crippen molar-refractivity contribution in [2.75, 3.05) is 4.90 Å². The van der Waals surface area contributed by atoms with Crippen LogP contribution in [0.5, 0.6) is 0 Å². The summed E-state index contributed by atoms with van der Waals surface area (Å²) in [6.07, 6.45) is 2.21. The summed E-state index contributed by atoms with van der Waals surface area (Å²) in [7, 11) is 0. The summed E-state index contributed by atoms with van der Waals surface area (Å²) < 4.78 is 2.41. The van der Waals surface area contributed by atoms with Gasteiger partial charge in [-0.25, -0.2) is 9.97 Å². The molecule has 3 aromatic carbocycles. The molecule has 0 amide bonds. The predicted molar refractivity (Wildman–Crippen MR) is 126 cm³/mol. The van der Waals surface area contributed by atoms with Gasteiger partial charge in [-0.1, -0.05) is 78.9 Å². The van der Waals surface area contributed by atoms with Crippen molar-refractivity contribution in [1.29, 1.82) is 0 Å². The number of fused-ring (bicyclic) bond motifs is 5. The summed E-state index contributed by atoms with van der Waals surface area (Å²) in [6.45, 7) is 2.62. The number of hydrogen-bond donors (Lipinski definition) is 0. The van der Waals surface area contributed by atoms with Crippen molar-refractivity contribution in [1.82, 2.24) is 14.5 Å². The highest BCUT2D eigenvalue weighted by atomic mass is 15.2. The van der Waals surface area contributed by atoms with Crippen LogP contribution in [0.25, 0.3) is 21.9 Å². The van der Waals surface area contributed by atoms with Gasteiger partial charge in [0.25, 0.3) is 0 Å². The third-order valence-electron chi connectivity index (χ3n) is 6.16. The smallest absolute Gasteiger partial charge is 0.158 e. The number of para-hydroxylation sites is 1. The molecular weight excluding hydrogens is 380 g/mol. The molecule has 0 bridgehead atoms. The number of nitrogens with zero attached hydrogens (tertiary/aromatic N) is 4. The number of imidazole rings is 1. The molecule has 0 fully saturated rings. The lowest BCUT2D eigenvalue weighted by Crippen LogP contribution is -2.23.